The van der Waals surface area contributed by atoms with Crippen LogP contribution in [0.15, 0.2) is 28.8 Å². The fourth-order valence-electron chi connectivity index (χ4n) is 3.45. The topological polar surface area (TPSA) is 90.8 Å². The number of benzene rings is 1. The van der Waals surface area contributed by atoms with Crippen molar-refractivity contribution in [2.45, 2.75) is 40.8 Å². The number of hydrogen-bond acceptors (Lipinski definition) is 5. The molecule has 33 heavy (non-hydrogen) atoms. The number of nitrogens with zero attached hydrogens (tertiary/aromatic N) is 5. The molecule has 3 aromatic heterocycles. The molecule has 0 saturated heterocycles. The van der Waals surface area contributed by atoms with Gasteiger partial charge in [0.25, 0.3) is 5.91 Å². The average Bonchev–Trinajstić information content (AvgIpc) is 3.37. The third-order valence-electron chi connectivity index (χ3n) is 5.36. The van der Waals surface area contributed by atoms with Crippen LogP contribution in [0.4, 0.5) is 10.2 Å². The number of anilines is 1. The van der Waals surface area contributed by atoms with Crippen LogP contribution in [0.5, 0.6) is 0 Å². The highest BCUT2D eigenvalue weighted by molar-refractivity contribution is 6.32. The van der Waals surface area contributed by atoms with Crippen LogP contribution >= 0.6 is 23.2 Å². The summed E-state index contributed by atoms with van der Waals surface area (Å²) in [5.41, 5.74) is 3.74. The lowest BCUT2D eigenvalue weighted by atomic mass is 10.2. The molecule has 172 valence electrons. The Morgan fingerprint density at radius 1 is 1.09 bits per heavy atom. The number of nitrogens with one attached hydrogen (secondary N) is 1. The number of amides is 1. The van der Waals surface area contributed by atoms with Crippen LogP contribution in [-0.4, -0.2) is 30.6 Å². The highest BCUT2D eigenvalue weighted by Crippen LogP contribution is 2.23. The molecule has 4 rings (SSSR count). The van der Waals surface area contributed by atoms with Gasteiger partial charge in [0.2, 0.25) is 0 Å². The second kappa shape index (κ2) is 8.99. The molecular weight excluding hydrogens is 470 g/mol. The fraction of sp³-hybridized carbons (Fsp3) is 0.273. The SMILES string of the molecule is Cc1nn(Cc2c(C(=O)Nc3cc(C)n(Cc4ccc(F)cc4Cl)n3)noc2C)c(C)c1Cl. The Kier molecular flexibility index (Phi) is 6.27. The van der Waals surface area contributed by atoms with E-state index in [-0.39, 0.29) is 12.2 Å². The lowest BCUT2D eigenvalue weighted by molar-refractivity contribution is 0.101. The lowest BCUT2D eigenvalue weighted by Crippen LogP contribution is -2.17. The van der Waals surface area contributed by atoms with Crippen LogP contribution in [0.3, 0.4) is 0 Å². The van der Waals surface area contributed by atoms with E-state index in [0.29, 0.717) is 45.0 Å². The van der Waals surface area contributed by atoms with Crippen molar-refractivity contribution < 1.29 is 13.7 Å². The summed E-state index contributed by atoms with van der Waals surface area (Å²) >= 11 is 12.4. The van der Waals surface area contributed by atoms with E-state index in [1.807, 2.05) is 20.8 Å². The van der Waals surface area contributed by atoms with Gasteiger partial charge in [-0.2, -0.15) is 10.2 Å². The van der Waals surface area contributed by atoms with E-state index in [1.165, 1.54) is 12.1 Å². The molecule has 0 aliphatic carbocycles. The van der Waals surface area contributed by atoms with Gasteiger partial charge in [0, 0.05) is 22.3 Å². The number of carbonyl (C=O) groups excluding carboxylic acids is 1. The first-order valence-electron chi connectivity index (χ1n) is 10.1. The number of hydrogen-bond donors (Lipinski definition) is 1. The minimum Gasteiger partial charge on any atom is -0.361 e. The van der Waals surface area contributed by atoms with Gasteiger partial charge in [0.05, 0.1) is 29.5 Å². The van der Waals surface area contributed by atoms with Crippen molar-refractivity contribution in [3.63, 3.8) is 0 Å². The Morgan fingerprint density at radius 2 is 1.85 bits per heavy atom. The second-order valence-corrected chi connectivity index (χ2v) is 8.51. The van der Waals surface area contributed by atoms with E-state index in [4.69, 9.17) is 27.7 Å². The van der Waals surface area contributed by atoms with E-state index >= 15 is 0 Å². The van der Waals surface area contributed by atoms with E-state index in [9.17, 15) is 9.18 Å². The Balaban J connectivity index is 1.53. The summed E-state index contributed by atoms with van der Waals surface area (Å²) in [4.78, 5) is 13.0. The van der Waals surface area contributed by atoms with Crippen LogP contribution in [0.1, 0.15) is 44.5 Å². The van der Waals surface area contributed by atoms with E-state index in [2.05, 4.69) is 20.7 Å². The molecule has 3 heterocycles. The molecule has 4 aromatic rings. The Labute approximate surface area is 199 Å². The van der Waals surface area contributed by atoms with Crippen LogP contribution in [-0.2, 0) is 13.1 Å². The molecule has 1 aromatic carbocycles. The largest absolute Gasteiger partial charge is 0.361 e. The van der Waals surface area contributed by atoms with Crippen molar-refractivity contribution in [2.75, 3.05) is 5.32 Å². The molecule has 0 radical (unpaired) electrons. The van der Waals surface area contributed by atoms with Crippen LogP contribution < -0.4 is 5.32 Å². The first-order chi connectivity index (χ1) is 15.6. The predicted molar refractivity (Wildman–Crippen MR) is 122 cm³/mol. The van der Waals surface area contributed by atoms with Gasteiger partial charge >= 0.3 is 0 Å². The van der Waals surface area contributed by atoms with Gasteiger partial charge in [0.1, 0.15) is 11.6 Å². The van der Waals surface area contributed by atoms with Gasteiger partial charge in [-0.25, -0.2) is 4.39 Å². The van der Waals surface area contributed by atoms with Gasteiger partial charge in [-0.3, -0.25) is 14.2 Å². The Hall–Kier alpha value is -3.17. The van der Waals surface area contributed by atoms with Gasteiger partial charge in [0.15, 0.2) is 11.5 Å². The zero-order valence-electron chi connectivity index (χ0n) is 18.4. The van der Waals surface area contributed by atoms with Crippen molar-refractivity contribution >= 4 is 34.9 Å². The van der Waals surface area contributed by atoms with Crippen LogP contribution in [0.25, 0.3) is 0 Å². The molecule has 0 saturated carbocycles. The fourth-order valence-corrected chi connectivity index (χ4v) is 3.81. The molecule has 11 heteroatoms. The van der Waals surface area contributed by atoms with E-state index in [1.54, 1.807) is 28.4 Å². The maximum Gasteiger partial charge on any atom is 0.279 e. The first kappa shape index (κ1) is 23.0. The summed E-state index contributed by atoms with van der Waals surface area (Å²) in [6, 6.07) is 5.92. The summed E-state index contributed by atoms with van der Waals surface area (Å²) in [7, 11) is 0. The third-order valence-corrected chi connectivity index (χ3v) is 6.26. The number of aromatic nitrogens is 5. The highest BCUT2D eigenvalue weighted by Gasteiger charge is 2.23. The minimum atomic E-state index is -0.459. The monoisotopic (exact) mass is 490 g/mol. The van der Waals surface area contributed by atoms with Crippen LogP contribution in [0, 0.1) is 33.5 Å². The first-order valence-corrected chi connectivity index (χ1v) is 10.8. The summed E-state index contributed by atoms with van der Waals surface area (Å²) < 4.78 is 22.0. The third kappa shape index (κ3) is 4.65. The quantitative estimate of drug-likeness (QED) is 0.406. The normalized spacial score (nSPS) is 11.2. The lowest BCUT2D eigenvalue weighted by Gasteiger charge is -2.07. The molecular formula is C22H21Cl2FN6O2. The molecule has 8 nitrogen and oxygen atoms in total. The molecule has 1 amide bonds. The molecule has 0 unspecified atom stereocenters. The maximum absolute atomic E-state index is 13.3. The van der Waals surface area contributed by atoms with Gasteiger partial charge < -0.3 is 9.84 Å². The molecule has 0 spiro atoms. The van der Waals surface area contributed by atoms with Crippen molar-refractivity contribution in [3.8, 4) is 0 Å². The summed E-state index contributed by atoms with van der Waals surface area (Å²) in [5, 5.41) is 16.4. The van der Waals surface area contributed by atoms with Gasteiger partial charge in [-0.15, -0.1) is 0 Å². The zero-order valence-corrected chi connectivity index (χ0v) is 19.9. The highest BCUT2D eigenvalue weighted by atomic mass is 35.5. The smallest absolute Gasteiger partial charge is 0.279 e. The van der Waals surface area contributed by atoms with Crippen molar-refractivity contribution in [1.82, 2.24) is 24.7 Å². The minimum absolute atomic E-state index is 0.143. The molecule has 0 bridgehead atoms. The summed E-state index contributed by atoms with van der Waals surface area (Å²) in [6.45, 7) is 7.86. The molecule has 0 atom stereocenters. The van der Waals surface area contributed by atoms with Gasteiger partial charge in [-0.05, 0) is 45.4 Å². The van der Waals surface area contributed by atoms with E-state index in [0.717, 1.165) is 11.4 Å². The van der Waals surface area contributed by atoms with E-state index < -0.39 is 11.7 Å². The standard InChI is InChI=1S/C22H21Cl2FN6O2/c1-11-7-19(28-30(11)9-15-5-6-16(25)8-18(15)23)26-22(32)21-17(14(4)33-29-21)10-31-13(3)20(24)12(2)27-31/h5-8H,9-10H2,1-4H3,(H,26,28,32). The Bertz CT molecular complexity index is 1360. The van der Waals surface area contributed by atoms with Crippen molar-refractivity contribution in [3.05, 3.63) is 79.8 Å². The summed E-state index contributed by atoms with van der Waals surface area (Å²) in [6.07, 6.45) is 0. The van der Waals surface area contributed by atoms with Crippen molar-refractivity contribution in [1.29, 1.82) is 0 Å². The molecule has 0 fully saturated rings. The molecule has 0 aliphatic heterocycles. The molecule has 1 N–H and O–H groups in total. The maximum atomic E-state index is 13.3. The predicted octanol–water partition coefficient (Wildman–Crippen LogP) is 5.10. The Morgan fingerprint density at radius 3 is 2.52 bits per heavy atom. The summed E-state index contributed by atoms with van der Waals surface area (Å²) in [5.74, 6) is -0.0118. The zero-order chi connectivity index (χ0) is 23.9. The number of rotatable bonds is 6. The number of aryl methyl sites for hydroxylation is 3. The second-order valence-electron chi connectivity index (χ2n) is 7.73. The number of halogens is 3. The van der Waals surface area contributed by atoms with Crippen molar-refractivity contribution in [2.24, 2.45) is 0 Å². The molecule has 0 aliphatic rings. The van der Waals surface area contributed by atoms with Crippen LogP contribution in [0.2, 0.25) is 10.0 Å². The average molecular weight is 491 g/mol. The number of carbonyl (C=O) groups is 1. The van der Waals surface area contributed by atoms with Gasteiger partial charge in [-0.1, -0.05) is 34.4 Å².